The van der Waals surface area contributed by atoms with E-state index < -0.39 is 5.97 Å². The zero-order chi connectivity index (χ0) is 17.5. The maximum atomic E-state index is 12.5. The standard InChI is InChI=1S/C16H18N4O3S/c1-3-7-23-16(22)12(8-17)15-20(4-2)14(21)13(24-15)6-5-11-9-18-10-19-11/h3,9-10,13H,1,4-7H2,2H3,(H,18,19)/b15-12-. The summed E-state index contributed by atoms with van der Waals surface area (Å²) in [6, 6.07) is 1.87. The second-order valence-electron chi connectivity index (χ2n) is 4.98. The van der Waals surface area contributed by atoms with E-state index in [0.717, 1.165) is 5.69 Å². The molecule has 0 bridgehead atoms. The van der Waals surface area contributed by atoms with Crippen molar-refractivity contribution in [2.45, 2.75) is 25.0 Å². The number of carbonyl (C=O) groups excluding carboxylic acids is 2. The molecule has 7 nitrogen and oxygen atoms in total. The van der Waals surface area contributed by atoms with Crippen LogP contribution in [0.2, 0.25) is 0 Å². The Labute approximate surface area is 144 Å². The molecule has 1 aliphatic heterocycles. The van der Waals surface area contributed by atoms with E-state index in [2.05, 4.69) is 16.5 Å². The van der Waals surface area contributed by atoms with E-state index in [-0.39, 0.29) is 23.3 Å². The third-order valence-electron chi connectivity index (χ3n) is 3.45. The molecule has 1 fully saturated rings. The Morgan fingerprint density at radius 1 is 1.67 bits per heavy atom. The highest BCUT2D eigenvalue weighted by Crippen LogP contribution is 2.39. The zero-order valence-electron chi connectivity index (χ0n) is 13.3. The molecular weight excluding hydrogens is 328 g/mol. The molecule has 2 rings (SSSR count). The number of nitrogens with zero attached hydrogens (tertiary/aromatic N) is 3. The van der Waals surface area contributed by atoms with Crippen molar-refractivity contribution >= 4 is 23.6 Å². The number of hydrogen-bond donors (Lipinski definition) is 1. The molecule has 0 saturated carbocycles. The first-order valence-electron chi connectivity index (χ1n) is 7.50. The minimum Gasteiger partial charge on any atom is -0.457 e. The molecule has 126 valence electrons. The molecule has 1 amide bonds. The van der Waals surface area contributed by atoms with Gasteiger partial charge in [-0.15, -0.1) is 0 Å². The Morgan fingerprint density at radius 3 is 3.04 bits per heavy atom. The van der Waals surface area contributed by atoms with Crippen LogP contribution in [0.3, 0.4) is 0 Å². The van der Waals surface area contributed by atoms with Crippen LogP contribution in [-0.4, -0.2) is 45.1 Å². The third kappa shape index (κ3) is 3.86. The molecule has 1 atom stereocenters. The number of hydrogen-bond acceptors (Lipinski definition) is 6. The number of esters is 1. The number of imidazole rings is 1. The number of thioether (sulfide) groups is 1. The normalized spacial score (nSPS) is 19.1. The Morgan fingerprint density at radius 2 is 2.46 bits per heavy atom. The van der Waals surface area contributed by atoms with Crippen molar-refractivity contribution < 1.29 is 14.3 Å². The Kier molecular flexibility index (Phi) is 6.21. The van der Waals surface area contributed by atoms with Gasteiger partial charge in [0.2, 0.25) is 5.91 Å². The molecular formula is C16H18N4O3S. The molecule has 24 heavy (non-hydrogen) atoms. The summed E-state index contributed by atoms with van der Waals surface area (Å²) in [7, 11) is 0. The first-order chi connectivity index (χ1) is 11.6. The van der Waals surface area contributed by atoms with Gasteiger partial charge in [0.15, 0.2) is 5.57 Å². The van der Waals surface area contributed by atoms with Gasteiger partial charge in [0.05, 0.1) is 11.6 Å². The molecule has 1 aromatic rings. The number of aromatic nitrogens is 2. The van der Waals surface area contributed by atoms with Crippen LogP contribution < -0.4 is 0 Å². The quantitative estimate of drug-likeness (QED) is 0.350. The summed E-state index contributed by atoms with van der Waals surface area (Å²) >= 11 is 1.24. The summed E-state index contributed by atoms with van der Waals surface area (Å²) in [6.07, 6.45) is 5.98. The molecule has 1 unspecified atom stereocenters. The number of amides is 1. The SMILES string of the molecule is C=CCOC(=O)/C(C#N)=C1\SC(CCc2cnc[nH]2)C(=O)N1CC. The summed E-state index contributed by atoms with van der Waals surface area (Å²) in [4.78, 5) is 33.0. The topological polar surface area (TPSA) is 99.1 Å². The summed E-state index contributed by atoms with van der Waals surface area (Å²) in [5, 5.41) is 9.36. The van der Waals surface area contributed by atoms with Crippen molar-refractivity contribution in [3.05, 3.63) is 41.5 Å². The van der Waals surface area contributed by atoms with Gasteiger partial charge in [0, 0.05) is 18.4 Å². The largest absolute Gasteiger partial charge is 0.457 e. The molecule has 0 spiro atoms. The zero-order valence-corrected chi connectivity index (χ0v) is 14.1. The van der Waals surface area contributed by atoms with Gasteiger partial charge in [-0.2, -0.15) is 5.26 Å². The van der Waals surface area contributed by atoms with E-state index in [9.17, 15) is 14.9 Å². The lowest BCUT2D eigenvalue weighted by molar-refractivity contribution is -0.137. The highest BCUT2D eigenvalue weighted by atomic mass is 32.2. The second kappa shape index (κ2) is 8.36. The van der Waals surface area contributed by atoms with Crippen LogP contribution in [0.1, 0.15) is 19.0 Å². The highest BCUT2D eigenvalue weighted by molar-refractivity contribution is 8.04. The fraction of sp³-hybridized carbons (Fsp3) is 0.375. The van der Waals surface area contributed by atoms with Crippen molar-refractivity contribution in [2.24, 2.45) is 0 Å². The van der Waals surface area contributed by atoms with E-state index in [0.29, 0.717) is 24.4 Å². The Bertz CT molecular complexity index is 691. The molecule has 8 heteroatoms. The lowest BCUT2D eigenvalue weighted by atomic mass is 10.2. The van der Waals surface area contributed by atoms with Crippen LogP contribution in [0.15, 0.2) is 35.8 Å². The van der Waals surface area contributed by atoms with Crippen molar-refractivity contribution in [2.75, 3.05) is 13.2 Å². The van der Waals surface area contributed by atoms with Crippen LogP contribution >= 0.6 is 11.8 Å². The van der Waals surface area contributed by atoms with Gasteiger partial charge in [0.25, 0.3) is 0 Å². The first kappa shape index (κ1) is 17.8. The molecule has 1 N–H and O–H groups in total. The third-order valence-corrected chi connectivity index (χ3v) is 4.82. The number of H-pyrrole nitrogens is 1. The van der Waals surface area contributed by atoms with Gasteiger partial charge in [-0.1, -0.05) is 24.4 Å². The van der Waals surface area contributed by atoms with Crippen molar-refractivity contribution in [3.63, 3.8) is 0 Å². The smallest absolute Gasteiger partial charge is 0.351 e. The fourth-order valence-electron chi connectivity index (χ4n) is 2.29. The van der Waals surface area contributed by atoms with Crippen molar-refractivity contribution in [1.29, 1.82) is 5.26 Å². The van der Waals surface area contributed by atoms with Crippen LogP contribution in [0, 0.1) is 11.3 Å². The second-order valence-corrected chi connectivity index (χ2v) is 6.18. The average Bonchev–Trinajstić information content (AvgIpc) is 3.20. The van der Waals surface area contributed by atoms with Gasteiger partial charge < -0.3 is 14.6 Å². The summed E-state index contributed by atoms with van der Waals surface area (Å²) in [5.74, 6) is -0.832. The number of aromatic amines is 1. The molecule has 0 aromatic carbocycles. The monoisotopic (exact) mass is 346 g/mol. The van der Waals surface area contributed by atoms with Crippen LogP contribution in [0.4, 0.5) is 0 Å². The number of carbonyl (C=O) groups is 2. The molecule has 0 radical (unpaired) electrons. The van der Waals surface area contributed by atoms with Crippen LogP contribution in [-0.2, 0) is 20.7 Å². The Balaban J connectivity index is 2.17. The minimum absolute atomic E-state index is 0.0191. The van der Waals surface area contributed by atoms with E-state index in [1.165, 1.54) is 22.7 Å². The number of ether oxygens (including phenoxy) is 1. The van der Waals surface area contributed by atoms with Gasteiger partial charge in [-0.3, -0.25) is 4.79 Å². The van der Waals surface area contributed by atoms with Gasteiger partial charge in [0.1, 0.15) is 17.7 Å². The lowest BCUT2D eigenvalue weighted by Gasteiger charge is -2.15. The van der Waals surface area contributed by atoms with Gasteiger partial charge >= 0.3 is 5.97 Å². The maximum Gasteiger partial charge on any atom is 0.351 e. The van der Waals surface area contributed by atoms with Crippen molar-refractivity contribution in [1.82, 2.24) is 14.9 Å². The summed E-state index contributed by atoms with van der Waals surface area (Å²) in [6.45, 7) is 5.68. The van der Waals surface area contributed by atoms with Crippen molar-refractivity contribution in [3.8, 4) is 6.07 Å². The fourth-order valence-corrected chi connectivity index (χ4v) is 3.62. The molecule has 1 saturated heterocycles. The molecule has 2 heterocycles. The molecule has 1 aromatic heterocycles. The summed E-state index contributed by atoms with van der Waals surface area (Å²) < 4.78 is 4.94. The first-order valence-corrected chi connectivity index (χ1v) is 8.38. The van der Waals surface area contributed by atoms with Crippen LogP contribution in [0.5, 0.6) is 0 Å². The predicted molar refractivity (Wildman–Crippen MR) is 89.5 cm³/mol. The van der Waals surface area contributed by atoms with Gasteiger partial charge in [-0.05, 0) is 19.8 Å². The van der Waals surface area contributed by atoms with E-state index in [1.807, 2.05) is 6.07 Å². The number of rotatable bonds is 7. The van der Waals surface area contributed by atoms with E-state index in [4.69, 9.17) is 4.74 Å². The highest BCUT2D eigenvalue weighted by Gasteiger charge is 2.39. The number of nitriles is 1. The number of nitrogens with one attached hydrogen (secondary N) is 1. The molecule has 1 aliphatic rings. The number of aryl methyl sites for hydroxylation is 1. The van der Waals surface area contributed by atoms with E-state index in [1.54, 1.807) is 19.4 Å². The van der Waals surface area contributed by atoms with Crippen LogP contribution in [0.25, 0.3) is 0 Å². The summed E-state index contributed by atoms with van der Waals surface area (Å²) in [5.41, 5.74) is 0.802. The molecule has 0 aliphatic carbocycles. The Hall–Kier alpha value is -2.53. The average molecular weight is 346 g/mol. The van der Waals surface area contributed by atoms with Gasteiger partial charge in [-0.25, -0.2) is 9.78 Å². The van der Waals surface area contributed by atoms with E-state index >= 15 is 0 Å². The predicted octanol–water partition coefficient (Wildman–Crippen LogP) is 1.77. The minimum atomic E-state index is -0.736. The lowest BCUT2D eigenvalue weighted by Crippen LogP contribution is -2.29. The maximum absolute atomic E-state index is 12.5.